The predicted octanol–water partition coefficient (Wildman–Crippen LogP) is 2.68. The van der Waals surface area contributed by atoms with E-state index in [9.17, 15) is 9.59 Å². The van der Waals surface area contributed by atoms with E-state index in [0.717, 1.165) is 11.0 Å². The summed E-state index contributed by atoms with van der Waals surface area (Å²) in [7, 11) is 0. The number of carbonyl (C=O) groups is 2. The first-order valence-corrected chi connectivity index (χ1v) is 8.14. The van der Waals surface area contributed by atoms with E-state index >= 15 is 0 Å². The lowest BCUT2D eigenvalue weighted by atomic mass is 9.81. The molecule has 1 aliphatic heterocycles. The van der Waals surface area contributed by atoms with Crippen molar-refractivity contribution in [1.29, 1.82) is 0 Å². The Kier molecular flexibility index (Phi) is 4.09. The second-order valence-corrected chi connectivity index (χ2v) is 6.66. The van der Waals surface area contributed by atoms with Crippen LogP contribution in [0, 0.1) is 5.41 Å². The fourth-order valence-electron chi connectivity index (χ4n) is 3.00. The third-order valence-electron chi connectivity index (χ3n) is 4.37. The fourth-order valence-corrected chi connectivity index (χ4v) is 3.16. The van der Waals surface area contributed by atoms with E-state index in [2.05, 4.69) is 16.9 Å². The van der Waals surface area contributed by atoms with Crippen molar-refractivity contribution in [2.45, 2.75) is 20.4 Å². The highest BCUT2D eigenvalue weighted by Crippen LogP contribution is 2.32. The van der Waals surface area contributed by atoms with E-state index < -0.39 is 5.41 Å². The summed E-state index contributed by atoms with van der Waals surface area (Å²) >= 11 is 6.01. The zero-order chi connectivity index (χ0) is 17.5. The van der Waals surface area contributed by atoms with Crippen LogP contribution in [0.2, 0.25) is 5.02 Å². The summed E-state index contributed by atoms with van der Waals surface area (Å²) in [4.78, 5) is 30.3. The molecule has 2 amide bonds. The molecule has 1 aliphatic rings. The van der Waals surface area contributed by atoms with E-state index in [1.165, 1.54) is 6.08 Å². The Hall–Kier alpha value is -2.34. The van der Waals surface area contributed by atoms with Crippen LogP contribution in [0.25, 0.3) is 11.0 Å². The number of fused-ring (bicyclic) bond motifs is 1. The molecular weight excluding hydrogens is 328 g/mol. The molecular formula is C17H19ClN4O2. The monoisotopic (exact) mass is 346 g/mol. The van der Waals surface area contributed by atoms with Gasteiger partial charge in [-0.15, -0.1) is 0 Å². The molecule has 0 radical (unpaired) electrons. The minimum absolute atomic E-state index is 0.147. The number of nitrogens with one attached hydrogen (secondary N) is 1. The first kappa shape index (κ1) is 16.5. The van der Waals surface area contributed by atoms with Crippen molar-refractivity contribution in [3.8, 4) is 0 Å². The van der Waals surface area contributed by atoms with E-state index in [4.69, 9.17) is 11.6 Å². The molecule has 0 atom stereocenters. The lowest BCUT2D eigenvalue weighted by Crippen LogP contribution is -2.61. The number of likely N-dealkylation sites (tertiary alicyclic amines) is 1. The van der Waals surface area contributed by atoms with E-state index in [-0.39, 0.29) is 11.8 Å². The van der Waals surface area contributed by atoms with E-state index in [1.54, 1.807) is 17.0 Å². The van der Waals surface area contributed by atoms with E-state index in [1.807, 2.05) is 24.5 Å². The van der Waals surface area contributed by atoms with Crippen LogP contribution in [0.4, 0.5) is 5.95 Å². The minimum atomic E-state index is -0.618. The van der Waals surface area contributed by atoms with Crippen LogP contribution in [0.1, 0.15) is 13.8 Å². The Bertz CT molecular complexity index is 836. The SMILES string of the molecule is C=CC(=O)N1CC(C)(C(=O)Nc2nc3cc(Cl)ccc3n2CC)C1. The number of nitrogens with zero attached hydrogens (tertiary/aromatic N) is 3. The predicted molar refractivity (Wildman–Crippen MR) is 93.9 cm³/mol. The highest BCUT2D eigenvalue weighted by Gasteiger charge is 2.46. The molecule has 6 nitrogen and oxygen atoms in total. The second kappa shape index (κ2) is 5.94. The van der Waals surface area contributed by atoms with Crippen molar-refractivity contribution in [2.24, 2.45) is 5.41 Å². The minimum Gasteiger partial charge on any atom is -0.337 e. The largest absolute Gasteiger partial charge is 0.337 e. The Labute approximate surface area is 145 Å². The molecule has 2 heterocycles. The lowest BCUT2D eigenvalue weighted by Gasteiger charge is -2.46. The number of aromatic nitrogens is 2. The van der Waals surface area contributed by atoms with Crippen LogP contribution >= 0.6 is 11.6 Å². The highest BCUT2D eigenvalue weighted by atomic mass is 35.5. The molecule has 2 aromatic rings. The molecule has 1 aromatic heterocycles. The molecule has 7 heteroatoms. The van der Waals surface area contributed by atoms with Crippen LogP contribution in [-0.2, 0) is 16.1 Å². The number of aryl methyl sites for hydroxylation is 1. The van der Waals surface area contributed by atoms with Crippen molar-refractivity contribution >= 4 is 40.4 Å². The van der Waals surface area contributed by atoms with Crippen LogP contribution in [-0.4, -0.2) is 39.4 Å². The zero-order valence-electron chi connectivity index (χ0n) is 13.7. The first-order chi connectivity index (χ1) is 11.4. The van der Waals surface area contributed by atoms with Gasteiger partial charge in [0.15, 0.2) is 0 Å². The number of amides is 2. The maximum Gasteiger partial charge on any atom is 0.246 e. The average molecular weight is 347 g/mol. The molecule has 3 rings (SSSR count). The van der Waals surface area contributed by atoms with Gasteiger partial charge < -0.3 is 9.47 Å². The van der Waals surface area contributed by atoms with Crippen molar-refractivity contribution in [3.63, 3.8) is 0 Å². The van der Waals surface area contributed by atoms with Crippen molar-refractivity contribution in [2.75, 3.05) is 18.4 Å². The van der Waals surface area contributed by atoms with Crippen LogP contribution < -0.4 is 5.32 Å². The summed E-state index contributed by atoms with van der Waals surface area (Å²) in [6.45, 7) is 8.71. The van der Waals surface area contributed by atoms with Gasteiger partial charge in [-0.2, -0.15) is 0 Å². The number of hydrogen-bond acceptors (Lipinski definition) is 3. The normalized spacial score (nSPS) is 15.9. The third-order valence-corrected chi connectivity index (χ3v) is 4.60. The molecule has 0 unspecified atom stereocenters. The Morgan fingerprint density at radius 3 is 2.79 bits per heavy atom. The molecule has 24 heavy (non-hydrogen) atoms. The number of hydrogen-bond donors (Lipinski definition) is 1. The van der Waals surface area contributed by atoms with Crippen molar-refractivity contribution < 1.29 is 9.59 Å². The maximum atomic E-state index is 12.6. The number of anilines is 1. The molecule has 1 saturated heterocycles. The summed E-state index contributed by atoms with van der Waals surface area (Å²) in [6.07, 6.45) is 1.26. The van der Waals surface area contributed by atoms with Gasteiger partial charge in [-0.1, -0.05) is 18.2 Å². The molecule has 1 aromatic carbocycles. The maximum absolute atomic E-state index is 12.6. The van der Waals surface area contributed by atoms with Gasteiger partial charge in [0.2, 0.25) is 17.8 Å². The first-order valence-electron chi connectivity index (χ1n) is 7.76. The smallest absolute Gasteiger partial charge is 0.246 e. The van der Waals surface area contributed by atoms with Crippen molar-refractivity contribution in [1.82, 2.24) is 14.5 Å². The summed E-state index contributed by atoms with van der Waals surface area (Å²) in [6, 6.07) is 5.46. The van der Waals surface area contributed by atoms with Gasteiger partial charge in [0.25, 0.3) is 0 Å². The number of benzene rings is 1. The molecule has 0 spiro atoms. The van der Waals surface area contributed by atoms with Crippen molar-refractivity contribution in [3.05, 3.63) is 35.9 Å². The van der Waals surface area contributed by atoms with E-state index in [0.29, 0.717) is 30.6 Å². The Balaban J connectivity index is 1.81. The molecule has 0 aliphatic carbocycles. The number of imidazole rings is 1. The van der Waals surface area contributed by atoms with Crippen LogP contribution in [0.5, 0.6) is 0 Å². The second-order valence-electron chi connectivity index (χ2n) is 6.23. The lowest BCUT2D eigenvalue weighted by molar-refractivity contribution is -0.145. The molecule has 0 saturated carbocycles. The topological polar surface area (TPSA) is 67.2 Å². The summed E-state index contributed by atoms with van der Waals surface area (Å²) in [5.41, 5.74) is 1.04. The molecule has 0 bridgehead atoms. The Morgan fingerprint density at radius 1 is 1.46 bits per heavy atom. The molecule has 1 N–H and O–H groups in total. The summed E-state index contributed by atoms with van der Waals surface area (Å²) in [5, 5.41) is 3.50. The number of rotatable bonds is 4. The van der Waals surface area contributed by atoms with Gasteiger partial charge in [0, 0.05) is 24.7 Å². The quantitative estimate of drug-likeness (QED) is 0.865. The summed E-state index contributed by atoms with van der Waals surface area (Å²) in [5.74, 6) is 0.192. The fraction of sp³-hybridized carbons (Fsp3) is 0.353. The van der Waals surface area contributed by atoms with Gasteiger partial charge in [-0.05, 0) is 38.1 Å². The van der Waals surface area contributed by atoms with Crippen LogP contribution in [0.15, 0.2) is 30.9 Å². The standard InChI is InChI=1S/C17H19ClN4O2/c1-4-14(23)21-9-17(3,10-21)15(24)20-16-19-12-8-11(18)6-7-13(12)22(16)5-2/h4,6-8H,1,5,9-10H2,2-3H3,(H,19,20,24). The number of halogens is 1. The highest BCUT2D eigenvalue weighted by molar-refractivity contribution is 6.31. The molecule has 126 valence electrons. The third kappa shape index (κ3) is 2.67. The Morgan fingerprint density at radius 2 is 2.17 bits per heavy atom. The van der Waals surface area contributed by atoms with Gasteiger partial charge in [0.05, 0.1) is 16.4 Å². The van der Waals surface area contributed by atoms with Gasteiger partial charge >= 0.3 is 0 Å². The van der Waals surface area contributed by atoms with Gasteiger partial charge in [-0.25, -0.2) is 4.98 Å². The average Bonchev–Trinajstić information content (AvgIpc) is 2.86. The zero-order valence-corrected chi connectivity index (χ0v) is 14.4. The molecule has 1 fully saturated rings. The summed E-state index contributed by atoms with van der Waals surface area (Å²) < 4.78 is 1.93. The van der Waals surface area contributed by atoms with Gasteiger partial charge in [-0.3, -0.25) is 14.9 Å². The van der Waals surface area contributed by atoms with Gasteiger partial charge in [0.1, 0.15) is 0 Å². The van der Waals surface area contributed by atoms with Crippen LogP contribution in [0.3, 0.4) is 0 Å². The number of carbonyl (C=O) groups excluding carboxylic acids is 2.